The Morgan fingerprint density at radius 2 is 1.95 bits per heavy atom. The summed E-state index contributed by atoms with van der Waals surface area (Å²) >= 11 is 6.29. The van der Waals surface area contributed by atoms with Crippen LogP contribution in [-0.2, 0) is 22.4 Å². The molecule has 2 heterocycles. The van der Waals surface area contributed by atoms with Gasteiger partial charge in [0.15, 0.2) is 11.5 Å². The summed E-state index contributed by atoms with van der Waals surface area (Å²) in [7, 11) is 0. The first-order valence-corrected chi connectivity index (χ1v) is 12.4. The van der Waals surface area contributed by atoms with Crippen molar-refractivity contribution in [1.82, 2.24) is 10.3 Å². The number of rotatable bonds is 12. The molecule has 0 unspecified atom stereocenters. The summed E-state index contributed by atoms with van der Waals surface area (Å²) in [5.74, 6) is -1.20. The molecular weight excluding hydrogens is 513 g/mol. The van der Waals surface area contributed by atoms with Crippen LogP contribution >= 0.6 is 11.6 Å². The fraction of sp³-hybridized carbons (Fsp3) is 0.462. The van der Waals surface area contributed by atoms with Crippen molar-refractivity contribution in [2.75, 3.05) is 0 Å². The van der Waals surface area contributed by atoms with Gasteiger partial charge in [-0.2, -0.15) is 13.2 Å². The molecule has 3 aromatic rings. The number of alkyl halides is 3. The van der Waals surface area contributed by atoms with Crippen LogP contribution in [0.15, 0.2) is 33.3 Å². The summed E-state index contributed by atoms with van der Waals surface area (Å²) in [5, 5.41) is 17.9. The highest BCUT2D eigenvalue weighted by Crippen LogP contribution is 2.48. The van der Waals surface area contributed by atoms with Crippen LogP contribution in [0.5, 0.6) is 0 Å². The van der Waals surface area contributed by atoms with Gasteiger partial charge in [-0.1, -0.05) is 34.0 Å². The predicted molar refractivity (Wildman–Crippen MR) is 127 cm³/mol. The number of carbonyl (C=O) groups is 2. The number of hydrogen-bond acceptors (Lipinski definition) is 6. The lowest BCUT2D eigenvalue weighted by Crippen LogP contribution is -2.13. The maximum atomic E-state index is 13.0. The van der Waals surface area contributed by atoms with Crippen molar-refractivity contribution in [3.63, 3.8) is 0 Å². The van der Waals surface area contributed by atoms with Crippen LogP contribution < -0.4 is 0 Å². The van der Waals surface area contributed by atoms with E-state index in [1.807, 2.05) is 13.0 Å². The van der Waals surface area contributed by atoms with E-state index in [0.29, 0.717) is 21.8 Å². The van der Waals surface area contributed by atoms with Crippen LogP contribution in [0, 0.1) is 6.92 Å². The summed E-state index contributed by atoms with van der Waals surface area (Å²) in [6, 6.07) is 6.85. The van der Waals surface area contributed by atoms with E-state index >= 15 is 0 Å². The van der Waals surface area contributed by atoms with Gasteiger partial charge in [-0.25, -0.2) is 0 Å². The molecule has 0 radical (unpaired) electrons. The van der Waals surface area contributed by atoms with Gasteiger partial charge in [-0.15, -0.1) is 0 Å². The Morgan fingerprint density at radius 3 is 2.59 bits per heavy atom. The summed E-state index contributed by atoms with van der Waals surface area (Å²) in [5.41, 5.74) is 3.09. The van der Waals surface area contributed by atoms with Crippen LogP contribution in [0.2, 0.25) is 5.02 Å². The zero-order chi connectivity index (χ0) is 26.7. The third kappa shape index (κ3) is 7.21. The highest BCUT2D eigenvalue weighted by atomic mass is 35.5. The highest BCUT2D eigenvalue weighted by Gasteiger charge is 2.37. The van der Waals surface area contributed by atoms with Gasteiger partial charge in [-0.3, -0.25) is 9.59 Å². The monoisotopic (exact) mass is 538 g/mol. The Morgan fingerprint density at radius 1 is 1.19 bits per heavy atom. The summed E-state index contributed by atoms with van der Waals surface area (Å²) < 4.78 is 48.4. The molecule has 11 heteroatoms. The van der Waals surface area contributed by atoms with Crippen LogP contribution in [0.4, 0.5) is 13.2 Å². The minimum absolute atomic E-state index is 0.0405. The third-order valence-electron chi connectivity index (χ3n) is 6.35. The van der Waals surface area contributed by atoms with Crippen LogP contribution in [0.25, 0.3) is 11.5 Å². The molecule has 0 saturated heterocycles. The molecule has 0 bridgehead atoms. The van der Waals surface area contributed by atoms with E-state index in [0.717, 1.165) is 18.4 Å². The summed E-state index contributed by atoms with van der Waals surface area (Å²) in [6.07, 6.45) is -3.88. The number of nitrogens with zero attached hydrogens (tertiary/aromatic N) is 2. The molecule has 1 fully saturated rings. The largest absolute Gasteiger partial charge is 0.481 e. The van der Waals surface area contributed by atoms with Crippen LogP contribution in [-0.4, -0.2) is 33.3 Å². The van der Waals surface area contributed by atoms with Gasteiger partial charge < -0.3 is 14.2 Å². The second-order valence-electron chi connectivity index (χ2n) is 9.52. The van der Waals surface area contributed by atoms with Crippen LogP contribution in [0.1, 0.15) is 78.5 Å². The van der Waals surface area contributed by atoms with Crippen molar-refractivity contribution in [3.05, 3.63) is 57.4 Å². The molecule has 7 nitrogen and oxygen atoms in total. The van der Waals surface area contributed by atoms with E-state index < -0.39 is 24.5 Å². The second kappa shape index (κ2) is 11.1. The Bertz CT molecular complexity index is 1280. The normalized spacial score (nSPS) is 14.6. The van der Waals surface area contributed by atoms with Crippen molar-refractivity contribution in [1.29, 1.82) is 0 Å². The van der Waals surface area contributed by atoms with Gasteiger partial charge in [0, 0.05) is 48.3 Å². The number of carbonyl (C=O) groups excluding carboxylic acids is 1. The first-order valence-electron chi connectivity index (χ1n) is 12.0. The van der Waals surface area contributed by atoms with Crippen molar-refractivity contribution in [2.24, 2.45) is 0 Å². The molecule has 1 aliphatic carbocycles. The minimum Gasteiger partial charge on any atom is -0.481 e. The molecule has 1 N–H and O–H groups in total. The maximum Gasteiger partial charge on any atom is 0.389 e. The average molecular weight is 539 g/mol. The van der Waals surface area contributed by atoms with Gasteiger partial charge in [0.25, 0.3) is 0 Å². The average Bonchev–Trinajstić information content (AvgIpc) is 3.37. The topological polar surface area (TPSA) is 106 Å². The molecule has 0 aliphatic heterocycles. The number of aliphatic carboxylic acids is 1. The fourth-order valence-corrected chi connectivity index (χ4v) is 4.65. The first kappa shape index (κ1) is 26.9. The minimum atomic E-state index is -4.32. The number of halogens is 4. The van der Waals surface area contributed by atoms with Crippen molar-refractivity contribution in [2.45, 2.75) is 76.3 Å². The lowest BCUT2D eigenvalue weighted by atomic mass is 9.87. The first-order chi connectivity index (χ1) is 17.5. The van der Waals surface area contributed by atoms with Gasteiger partial charge >= 0.3 is 12.1 Å². The lowest BCUT2D eigenvalue weighted by Gasteiger charge is -2.15. The van der Waals surface area contributed by atoms with Crippen LogP contribution in [0.3, 0.4) is 0 Å². The highest BCUT2D eigenvalue weighted by molar-refractivity contribution is 6.31. The van der Waals surface area contributed by atoms with E-state index in [9.17, 15) is 27.9 Å². The molecule has 198 valence electrons. The van der Waals surface area contributed by atoms with Crippen molar-refractivity contribution < 1.29 is 36.9 Å². The zero-order valence-corrected chi connectivity index (χ0v) is 20.9. The van der Waals surface area contributed by atoms with E-state index in [-0.39, 0.29) is 61.0 Å². The standard InChI is InChI=1S/C26H26ClF3N2O5/c1-14-2-3-16(20(27)10-14)11-18(33)12-17(6-7-22(34)35)24-23(15-4-5-15)25(37-32-24)21-13-19(36-31-21)8-9-26(28,29)30/h2-3,10,13,15,17H,4-9,11-12H2,1H3,(H,34,35)/t17-/m0/s1. The molecule has 1 aromatic carbocycles. The molecule has 0 spiro atoms. The number of Topliss-reactive ketones (excluding diaryl/α,β-unsaturated/α-hetero) is 1. The van der Waals surface area contributed by atoms with Gasteiger partial charge in [0.2, 0.25) is 0 Å². The molecule has 4 rings (SSSR count). The number of carboxylic acids is 1. The van der Waals surface area contributed by atoms with Gasteiger partial charge in [0.1, 0.15) is 11.5 Å². The van der Waals surface area contributed by atoms with E-state index in [2.05, 4.69) is 10.3 Å². The molecular formula is C26H26ClF3N2O5. The molecule has 2 aromatic heterocycles. The Balaban J connectivity index is 1.58. The molecule has 37 heavy (non-hydrogen) atoms. The Kier molecular flexibility index (Phi) is 8.06. The number of aryl methyl sites for hydroxylation is 2. The van der Waals surface area contributed by atoms with Crippen molar-refractivity contribution >= 4 is 23.4 Å². The molecule has 1 atom stereocenters. The number of benzene rings is 1. The third-order valence-corrected chi connectivity index (χ3v) is 6.70. The van der Waals surface area contributed by atoms with E-state index in [1.54, 1.807) is 12.1 Å². The molecule has 1 aliphatic rings. The fourth-order valence-electron chi connectivity index (χ4n) is 4.35. The number of hydrogen-bond donors (Lipinski definition) is 1. The number of ketones is 1. The summed E-state index contributed by atoms with van der Waals surface area (Å²) in [4.78, 5) is 24.4. The van der Waals surface area contributed by atoms with Gasteiger partial charge in [0.05, 0.1) is 12.1 Å². The Hall–Kier alpha value is -3.14. The molecule has 1 saturated carbocycles. The predicted octanol–water partition coefficient (Wildman–Crippen LogP) is 6.81. The smallest absolute Gasteiger partial charge is 0.389 e. The maximum absolute atomic E-state index is 13.0. The summed E-state index contributed by atoms with van der Waals surface area (Å²) in [6.45, 7) is 1.90. The zero-order valence-electron chi connectivity index (χ0n) is 20.1. The lowest BCUT2D eigenvalue weighted by molar-refractivity contribution is -0.137. The quantitative estimate of drug-likeness (QED) is 0.270. The van der Waals surface area contributed by atoms with E-state index in [1.165, 1.54) is 6.07 Å². The SMILES string of the molecule is Cc1ccc(CC(=O)C[C@H](CCC(=O)O)c2noc(-c3cc(CCC(F)(F)F)on3)c2C2CC2)c(Cl)c1. The Labute approximate surface area is 215 Å². The number of carboxylic acid groups (broad SMARTS) is 1. The number of aromatic nitrogens is 2. The van der Waals surface area contributed by atoms with Gasteiger partial charge in [-0.05, 0) is 49.3 Å². The second-order valence-corrected chi connectivity index (χ2v) is 9.93. The molecule has 0 amide bonds. The van der Waals surface area contributed by atoms with E-state index in [4.69, 9.17) is 20.6 Å². The van der Waals surface area contributed by atoms with Crippen molar-refractivity contribution in [3.8, 4) is 11.5 Å².